The van der Waals surface area contributed by atoms with Gasteiger partial charge in [0, 0.05) is 8.07 Å². The van der Waals surface area contributed by atoms with Crippen molar-refractivity contribution in [3.05, 3.63) is 10.2 Å². The van der Waals surface area contributed by atoms with Crippen LogP contribution < -0.4 is 0 Å². The summed E-state index contributed by atoms with van der Waals surface area (Å²) >= 11 is 2.27. The van der Waals surface area contributed by atoms with E-state index >= 15 is 0 Å². The van der Waals surface area contributed by atoms with Crippen molar-refractivity contribution in [1.29, 1.82) is 0 Å². The average molecular weight is 240 g/mol. The van der Waals surface area contributed by atoms with Crippen molar-refractivity contribution >= 4 is 30.7 Å². The molecule has 8 heavy (non-hydrogen) atoms. The molecule has 2 heteroatoms. The normalized spacial score (nSPS) is 13.0. The summed E-state index contributed by atoms with van der Waals surface area (Å²) in [5, 5.41) is 0. The van der Waals surface area contributed by atoms with Gasteiger partial charge in [0.25, 0.3) is 0 Å². The first-order valence-electron chi connectivity index (χ1n) is 2.81. The fourth-order valence-electron chi connectivity index (χ4n) is 0.398. The molecule has 0 aliphatic heterocycles. The molecule has 0 radical (unpaired) electrons. The molecule has 0 aromatic carbocycles. The molecule has 0 atom stereocenters. The summed E-state index contributed by atoms with van der Waals surface area (Å²) in [4.78, 5) is 0. The number of allylic oxidation sites excluding steroid dienone is 1. The fraction of sp³-hybridized carbons (Fsp3) is 0.667. The lowest BCUT2D eigenvalue weighted by Gasteiger charge is -2.10. The molecule has 0 rings (SSSR count). The largest absolute Gasteiger partial charge is 0.0811 e. The van der Waals surface area contributed by atoms with Crippen LogP contribution in [-0.2, 0) is 0 Å². The Bertz CT molecular complexity index is 81.0. The van der Waals surface area contributed by atoms with Crippen LogP contribution >= 0.6 is 22.6 Å². The Kier molecular flexibility index (Phi) is 3.98. The van der Waals surface area contributed by atoms with E-state index in [0.717, 1.165) is 0 Å². The zero-order chi connectivity index (χ0) is 6.62. The van der Waals surface area contributed by atoms with Gasteiger partial charge < -0.3 is 0 Å². The number of rotatable bonds is 2. The maximum atomic E-state index is 2.38. The SMILES string of the molecule is C[Si](C)(C)C/C=C\I. The maximum Gasteiger partial charge on any atom is 0.0480 e. The van der Waals surface area contributed by atoms with E-state index in [9.17, 15) is 0 Å². The smallest absolute Gasteiger partial charge is 0.0480 e. The molecule has 0 saturated heterocycles. The Hall–Kier alpha value is 0.687. The molecule has 0 aromatic heterocycles. The average Bonchev–Trinajstić information content (AvgIpc) is 1.59. The van der Waals surface area contributed by atoms with E-state index in [1.807, 2.05) is 0 Å². The van der Waals surface area contributed by atoms with E-state index in [-0.39, 0.29) is 0 Å². The van der Waals surface area contributed by atoms with E-state index in [1.54, 1.807) is 0 Å². The van der Waals surface area contributed by atoms with Crippen molar-refractivity contribution in [2.45, 2.75) is 25.7 Å². The number of hydrogen-bond acceptors (Lipinski definition) is 0. The maximum absolute atomic E-state index is 2.38. The summed E-state index contributed by atoms with van der Waals surface area (Å²) in [6.45, 7) is 7.14. The molecule has 0 aliphatic carbocycles. The fourth-order valence-corrected chi connectivity index (χ4v) is 1.96. The third-order valence-corrected chi connectivity index (χ3v) is 2.79. The molecule has 0 nitrogen and oxygen atoms in total. The van der Waals surface area contributed by atoms with Gasteiger partial charge in [0.05, 0.1) is 0 Å². The zero-order valence-corrected chi connectivity index (χ0v) is 8.90. The molecule has 0 unspecified atom stereocenters. The minimum atomic E-state index is -0.770. The Morgan fingerprint density at radius 1 is 1.38 bits per heavy atom. The molecule has 0 aliphatic rings. The van der Waals surface area contributed by atoms with Crippen LogP contribution in [-0.4, -0.2) is 8.07 Å². The van der Waals surface area contributed by atoms with Crippen LogP contribution in [0, 0.1) is 0 Å². The van der Waals surface area contributed by atoms with Crippen molar-refractivity contribution in [1.82, 2.24) is 0 Å². The van der Waals surface area contributed by atoms with E-state index < -0.39 is 8.07 Å². The molecule has 0 N–H and O–H groups in total. The summed E-state index contributed by atoms with van der Waals surface area (Å²) in [7, 11) is -0.770. The Morgan fingerprint density at radius 2 is 1.88 bits per heavy atom. The van der Waals surface area contributed by atoms with Gasteiger partial charge in [-0.2, -0.15) is 0 Å². The van der Waals surface area contributed by atoms with Gasteiger partial charge in [0.15, 0.2) is 0 Å². The second-order valence-corrected chi connectivity index (χ2v) is 9.38. The molecule has 0 amide bonds. The van der Waals surface area contributed by atoms with Gasteiger partial charge in [-0.05, 0) is 10.1 Å². The summed E-state index contributed by atoms with van der Waals surface area (Å²) in [6, 6.07) is 1.32. The van der Waals surface area contributed by atoms with Gasteiger partial charge in [-0.25, -0.2) is 0 Å². The van der Waals surface area contributed by atoms with Gasteiger partial charge in [0.1, 0.15) is 0 Å². The van der Waals surface area contributed by atoms with Crippen molar-refractivity contribution in [3.63, 3.8) is 0 Å². The molecule has 0 fully saturated rings. The highest BCUT2D eigenvalue weighted by Gasteiger charge is 2.08. The second-order valence-electron chi connectivity index (χ2n) is 3.13. The van der Waals surface area contributed by atoms with Crippen molar-refractivity contribution in [2.75, 3.05) is 0 Å². The first-order valence-corrected chi connectivity index (χ1v) is 7.77. The van der Waals surface area contributed by atoms with E-state index in [2.05, 4.69) is 52.4 Å². The predicted molar refractivity (Wildman–Crippen MR) is 51.3 cm³/mol. The van der Waals surface area contributed by atoms with Crippen LogP contribution in [0.1, 0.15) is 0 Å². The Morgan fingerprint density at radius 3 is 2.00 bits per heavy atom. The highest BCUT2D eigenvalue weighted by molar-refractivity contribution is 14.1. The lowest BCUT2D eigenvalue weighted by atomic mass is 10.8. The minimum absolute atomic E-state index is 0.770. The molecular formula is C6H13ISi. The molecule has 48 valence electrons. The van der Waals surface area contributed by atoms with Crippen molar-refractivity contribution in [2.24, 2.45) is 0 Å². The first-order chi connectivity index (χ1) is 3.56. The molecule has 0 heterocycles. The molecule has 0 aromatic rings. The summed E-state index contributed by atoms with van der Waals surface area (Å²) in [5.74, 6) is 0. The molecule has 0 spiro atoms. The highest BCUT2D eigenvalue weighted by Crippen LogP contribution is 2.08. The second kappa shape index (κ2) is 3.66. The summed E-state index contributed by atoms with van der Waals surface area (Å²) in [6.07, 6.45) is 2.26. The van der Waals surface area contributed by atoms with Crippen LogP contribution in [0.15, 0.2) is 10.2 Å². The van der Waals surface area contributed by atoms with E-state index in [4.69, 9.17) is 0 Å². The topological polar surface area (TPSA) is 0 Å². The number of hydrogen-bond donors (Lipinski definition) is 0. The minimum Gasteiger partial charge on any atom is -0.0811 e. The van der Waals surface area contributed by atoms with Crippen molar-refractivity contribution in [3.8, 4) is 0 Å². The quantitative estimate of drug-likeness (QED) is 0.513. The van der Waals surface area contributed by atoms with Crippen LogP contribution in [0.5, 0.6) is 0 Å². The lowest BCUT2D eigenvalue weighted by molar-refractivity contribution is 1.52. The van der Waals surface area contributed by atoms with Crippen LogP contribution in [0.4, 0.5) is 0 Å². The van der Waals surface area contributed by atoms with Gasteiger partial charge in [0.2, 0.25) is 0 Å². The van der Waals surface area contributed by atoms with Gasteiger partial charge in [-0.3, -0.25) is 0 Å². The third kappa shape index (κ3) is 6.69. The highest BCUT2D eigenvalue weighted by atomic mass is 127. The molecule has 0 bridgehead atoms. The van der Waals surface area contributed by atoms with Gasteiger partial charge in [-0.15, -0.1) is 0 Å². The molecular weight excluding hydrogens is 227 g/mol. The van der Waals surface area contributed by atoms with Crippen LogP contribution in [0.25, 0.3) is 0 Å². The standard InChI is InChI=1S/C6H13ISi/c1-8(2,3)6-4-5-7/h4-5H,6H2,1-3H3/b5-4-. The summed E-state index contributed by atoms with van der Waals surface area (Å²) < 4.78 is 2.11. The first kappa shape index (κ1) is 8.69. The predicted octanol–water partition coefficient (Wildman–Crippen LogP) is 3.27. The Balaban J connectivity index is 3.39. The Labute approximate surface area is 66.5 Å². The zero-order valence-electron chi connectivity index (χ0n) is 5.74. The third-order valence-electron chi connectivity index (χ3n) is 0.819. The van der Waals surface area contributed by atoms with Crippen LogP contribution in [0.3, 0.4) is 0 Å². The monoisotopic (exact) mass is 240 g/mol. The lowest BCUT2D eigenvalue weighted by Crippen LogP contribution is -2.17. The number of halogens is 1. The van der Waals surface area contributed by atoms with Gasteiger partial charge in [-0.1, -0.05) is 48.3 Å². The van der Waals surface area contributed by atoms with Crippen LogP contribution in [0.2, 0.25) is 25.7 Å². The van der Waals surface area contributed by atoms with Gasteiger partial charge >= 0.3 is 0 Å². The molecule has 0 saturated carbocycles. The van der Waals surface area contributed by atoms with Crippen molar-refractivity contribution < 1.29 is 0 Å². The summed E-state index contributed by atoms with van der Waals surface area (Å²) in [5.41, 5.74) is 0. The van der Waals surface area contributed by atoms with E-state index in [1.165, 1.54) is 6.04 Å². The van der Waals surface area contributed by atoms with E-state index in [0.29, 0.717) is 0 Å².